The fourth-order valence-corrected chi connectivity index (χ4v) is 2.14. The number of amides is 2. The quantitative estimate of drug-likeness (QED) is 0.737. The van der Waals surface area contributed by atoms with E-state index in [-0.39, 0.29) is 12.6 Å². The summed E-state index contributed by atoms with van der Waals surface area (Å²) in [5.74, 6) is 1.65. The lowest BCUT2D eigenvalue weighted by molar-refractivity contribution is -0.138. The summed E-state index contributed by atoms with van der Waals surface area (Å²) in [4.78, 5) is 28.1. The van der Waals surface area contributed by atoms with Gasteiger partial charge in [0.2, 0.25) is 0 Å². The van der Waals surface area contributed by atoms with E-state index in [1.165, 1.54) is 0 Å². The number of carbonyl (C=O) groups is 2. The Labute approximate surface area is 114 Å². The van der Waals surface area contributed by atoms with E-state index in [1.54, 1.807) is 9.80 Å². The van der Waals surface area contributed by atoms with Crippen LogP contribution in [0.15, 0.2) is 0 Å². The van der Waals surface area contributed by atoms with Gasteiger partial charge in [-0.25, -0.2) is 4.79 Å². The van der Waals surface area contributed by atoms with Crippen LogP contribution in [0.5, 0.6) is 0 Å². The van der Waals surface area contributed by atoms with E-state index in [4.69, 9.17) is 11.5 Å². The number of nitrogens with zero attached hydrogens (tertiary/aromatic N) is 3. The number of terminal acetylenes is 1. The van der Waals surface area contributed by atoms with Gasteiger partial charge in [-0.05, 0) is 13.3 Å². The number of carboxylic acid groups (broad SMARTS) is 1. The highest BCUT2D eigenvalue weighted by Crippen LogP contribution is 2.06. The van der Waals surface area contributed by atoms with Gasteiger partial charge >= 0.3 is 12.0 Å². The molecule has 0 aromatic rings. The standard InChI is InChI=1S/C13H21N3O3/c1-3-6-15(4-2)13(19)16-8-5-7-14(9-10-16)11-12(17)18/h1H,4-11H2,2H3,(H,17,18). The molecule has 6 heteroatoms. The van der Waals surface area contributed by atoms with Crippen LogP contribution in [0.2, 0.25) is 0 Å². The first kappa shape index (κ1) is 15.3. The van der Waals surface area contributed by atoms with Gasteiger partial charge in [-0.1, -0.05) is 5.92 Å². The van der Waals surface area contributed by atoms with Crippen molar-refractivity contribution in [3.05, 3.63) is 0 Å². The number of rotatable bonds is 4. The summed E-state index contributed by atoms with van der Waals surface area (Å²) in [6.07, 6.45) is 6.03. The lowest BCUT2D eigenvalue weighted by Crippen LogP contribution is -2.45. The first-order chi connectivity index (χ1) is 9.08. The summed E-state index contributed by atoms with van der Waals surface area (Å²) < 4.78 is 0. The summed E-state index contributed by atoms with van der Waals surface area (Å²) >= 11 is 0. The predicted molar refractivity (Wildman–Crippen MR) is 71.7 cm³/mol. The van der Waals surface area contributed by atoms with Gasteiger partial charge in [-0.2, -0.15) is 0 Å². The lowest BCUT2D eigenvalue weighted by atomic mass is 10.4. The number of hydrogen-bond donors (Lipinski definition) is 1. The highest BCUT2D eigenvalue weighted by Gasteiger charge is 2.23. The molecule has 19 heavy (non-hydrogen) atoms. The number of carbonyl (C=O) groups excluding carboxylic acids is 1. The average Bonchev–Trinajstić information content (AvgIpc) is 2.60. The molecule has 0 atom stereocenters. The van der Waals surface area contributed by atoms with Crippen LogP contribution in [0.3, 0.4) is 0 Å². The molecule has 0 aromatic carbocycles. The van der Waals surface area contributed by atoms with Crippen LogP contribution in [0.25, 0.3) is 0 Å². The van der Waals surface area contributed by atoms with Crippen LogP contribution in [-0.4, -0.2) is 77.6 Å². The van der Waals surface area contributed by atoms with Crippen molar-refractivity contribution in [3.8, 4) is 12.3 Å². The Hall–Kier alpha value is -1.74. The van der Waals surface area contributed by atoms with Crippen molar-refractivity contribution in [2.75, 3.05) is 45.8 Å². The molecule has 0 aliphatic carbocycles. The van der Waals surface area contributed by atoms with Gasteiger partial charge in [0, 0.05) is 32.7 Å². The van der Waals surface area contributed by atoms with Gasteiger partial charge in [0.15, 0.2) is 0 Å². The first-order valence-corrected chi connectivity index (χ1v) is 6.50. The molecular formula is C13H21N3O3. The molecule has 1 aliphatic heterocycles. The molecule has 2 amide bonds. The molecule has 106 valence electrons. The maximum absolute atomic E-state index is 12.2. The second-order valence-electron chi connectivity index (χ2n) is 4.51. The minimum atomic E-state index is -0.831. The Morgan fingerprint density at radius 1 is 1.32 bits per heavy atom. The molecule has 0 radical (unpaired) electrons. The van der Waals surface area contributed by atoms with E-state index in [0.717, 1.165) is 6.42 Å². The van der Waals surface area contributed by atoms with Crippen molar-refractivity contribution in [2.45, 2.75) is 13.3 Å². The fraction of sp³-hybridized carbons (Fsp3) is 0.692. The molecule has 0 bridgehead atoms. The molecule has 1 aliphatic rings. The van der Waals surface area contributed by atoms with Gasteiger partial charge in [-0.3, -0.25) is 9.69 Å². The summed E-state index contributed by atoms with van der Waals surface area (Å²) in [7, 11) is 0. The van der Waals surface area contributed by atoms with Crippen LogP contribution >= 0.6 is 0 Å². The average molecular weight is 267 g/mol. The summed E-state index contributed by atoms with van der Waals surface area (Å²) in [6, 6.07) is -0.0578. The molecular weight excluding hydrogens is 246 g/mol. The van der Waals surface area contributed by atoms with Gasteiger partial charge in [0.25, 0.3) is 0 Å². The third-order valence-electron chi connectivity index (χ3n) is 3.15. The van der Waals surface area contributed by atoms with Crippen LogP contribution in [0.4, 0.5) is 4.79 Å². The Morgan fingerprint density at radius 2 is 2.05 bits per heavy atom. The fourth-order valence-electron chi connectivity index (χ4n) is 2.14. The highest BCUT2D eigenvalue weighted by molar-refractivity contribution is 5.74. The van der Waals surface area contributed by atoms with E-state index >= 15 is 0 Å². The van der Waals surface area contributed by atoms with Crippen molar-refractivity contribution in [1.29, 1.82) is 0 Å². The molecule has 1 rings (SSSR count). The Morgan fingerprint density at radius 3 is 2.63 bits per heavy atom. The zero-order chi connectivity index (χ0) is 14.3. The van der Waals surface area contributed by atoms with E-state index in [0.29, 0.717) is 39.3 Å². The number of hydrogen-bond acceptors (Lipinski definition) is 3. The highest BCUT2D eigenvalue weighted by atomic mass is 16.4. The normalized spacial score (nSPS) is 16.5. The topological polar surface area (TPSA) is 64.1 Å². The molecule has 0 unspecified atom stereocenters. The zero-order valence-electron chi connectivity index (χ0n) is 11.3. The maximum Gasteiger partial charge on any atom is 0.320 e. The summed E-state index contributed by atoms with van der Waals surface area (Å²) in [5.41, 5.74) is 0. The number of carboxylic acids is 1. The molecule has 1 saturated heterocycles. The van der Waals surface area contributed by atoms with Crippen LogP contribution in [-0.2, 0) is 4.79 Å². The molecule has 0 aromatic heterocycles. The van der Waals surface area contributed by atoms with Gasteiger partial charge in [0.05, 0.1) is 13.1 Å². The van der Waals surface area contributed by atoms with Gasteiger partial charge < -0.3 is 14.9 Å². The summed E-state index contributed by atoms with van der Waals surface area (Å²) in [6.45, 7) is 5.31. The molecule has 0 saturated carbocycles. The number of urea groups is 1. The van der Waals surface area contributed by atoms with Crippen molar-refractivity contribution >= 4 is 12.0 Å². The minimum Gasteiger partial charge on any atom is -0.480 e. The first-order valence-electron chi connectivity index (χ1n) is 6.50. The third-order valence-corrected chi connectivity index (χ3v) is 3.15. The predicted octanol–water partition coefficient (Wildman–Crippen LogP) is 0.154. The lowest BCUT2D eigenvalue weighted by Gasteiger charge is -2.27. The Kier molecular flexibility index (Phi) is 6.16. The molecule has 0 spiro atoms. The zero-order valence-corrected chi connectivity index (χ0v) is 11.3. The van der Waals surface area contributed by atoms with Gasteiger partial charge in [-0.15, -0.1) is 6.42 Å². The van der Waals surface area contributed by atoms with Crippen molar-refractivity contribution in [1.82, 2.24) is 14.7 Å². The van der Waals surface area contributed by atoms with Crippen molar-refractivity contribution in [3.63, 3.8) is 0 Å². The van der Waals surface area contributed by atoms with Gasteiger partial charge in [0.1, 0.15) is 0 Å². The Balaban J connectivity index is 2.54. The molecule has 1 N–H and O–H groups in total. The Bertz CT molecular complexity index is 365. The van der Waals surface area contributed by atoms with E-state index in [1.807, 2.05) is 11.8 Å². The second kappa shape index (κ2) is 7.64. The SMILES string of the molecule is C#CCN(CC)C(=O)N1CCCN(CC(=O)O)CC1. The van der Waals surface area contributed by atoms with Crippen molar-refractivity contribution in [2.24, 2.45) is 0 Å². The number of aliphatic carboxylic acids is 1. The van der Waals surface area contributed by atoms with Crippen molar-refractivity contribution < 1.29 is 14.7 Å². The second-order valence-corrected chi connectivity index (χ2v) is 4.51. The third kappa shape index (κ3) is 4.79. The van der Waals surface area contributed by atoms with Crippen LogP contribution in [0, 0.1) is 12.3 Å². The van der Waals surface area contributed by atoms with E-state index < -0.39 is 5.97 Å². The molecule has 1 heterocycles. The maximum atomic E-state index is 12.2. The van der Waals surface area contributed by atoms with E-state index in [9.17, 15) is 9.59 Å². The minimum absolute atomic E-state index is 0.0316. The largest absolute Gasteiger partial charge is 0.480 e. The smallest absolute Gasteiger partial charge is 0.320 e. The van der Waals surface area contributed by atoms with Crippen LogP contribution < -0.4 is 0 Å². The van der Waals surface area contributed by atoms with E-state index in [2.05, 4.69) is 5.92 Å². The molecule has 6 nitrogen and oxygen atoms in total. The molecule has 1 fully saturated rings. The van der Waals surface area contributed by atoms with Crippen LogP contribution in [0.1, 0.15) is 13.3 Å². The summed E-state index contributed by atoms with van der Waals surface area (Å²) in [5, 5.41) is 8.78. The monoisotopic (exact) mass is 267 g/mol.